The van der Waals surface area contributed by atoms with Crippen molar-refractivity contribution in [1.29, 1.82) is 0 Å². The molecular formula is C14H18O4S. The molecule has 0 aliphatic carbocycles. The minimum atomic E-state index is -2.96. The first kappa shape index (κ1) is 14.1. The second-order valence-corrected chi connectivity index (χ2v) is 7.05. The van der Waals surface area contributed by atoms with Gasteiger partial charge in [0.1, 0.15) is 15.4 Å². The predicted octanol–water partition coefficient (Wildman–Crippen LogP) is 2.68. The molecule has 0 saturated heterocycles. The third-order valence-electron chi connectivity index (χ3n) is 3.24. The Balaban J connectivity index is 2.02. The topological polar surface area (TPSA) is 67.5 Å². The summed E-state index contributed by atoms with van der Waals surface area (Å²) in [6.07, 6.45) is 1.74. The van der Waals surface area contributed by atoms with Crippen molar-refractivity contribution in [3.05, 3.63) is 36.1 Å². The average Bonchev–Trinajstić information content (AvgIpc) is 2.82. The van der Waals surface area contributed by atoms with E-state index >= 15 is 0 Å². The van der Waals surface area contributed by atoms with E-state index in [2.05, 4.69) is 0 Å². The Morgan fingerprint density at radius 1 is 1.32 bits per heavy atom. The molecule has 2 rings (SSSR count). The minimum Gasteiger partial charge on any atom is -0.464 e. The van der Waals surface area contributed by atoms with E-state index < -0.39 is 15.9 Å². The number of hydrogen-bond acceptors (Lipinski definition) is 4. The zero-order valence-electron chi connectivity index (χ0n) is 10.9. The molecule has 0 radical (unpaired) electrons. The fourth-order valence-electron chi connectivity index (χ4n) is 2.05. The van der Waals surface area contributed by atoms with Gasteiger partial charge in [-0.3, -0.25) is 0 Å². The maximum absolute atomic E-state index is 11.4. The highest BCUT2D eigenvalue weighted by atomic mass is 32.2. The maximum Gasteiger partial charge on any atom is 0.150 e. The van der Waals surface area contributed by atoms with Crippen molar-refractivity contribution in [1.82, 2.24) is 0 Å². The van der Waals surface area contributed by atoms with Crippen LogP contribution < -0.4 is 0 Å². The van der Waals surface area contributed by atoms with Gasteiger partial charge in [0.15, 0.2) is 0 Å². The Hall–Kier alpha value is -1.33. The monoisotopic (exact) mass is 282 g/mol. The lowest BCUT2D eigenvalue weighted by Crippen LogP contribution is -2.09. The number of hydrogen-bond donors (Lipinski definition) is 1. The predicted molar refractivity (Wildman–Crippen MR) is 74.7 cm³/mol. The van der Waals surface area contributed by atoms with Gasteiger partial charge < -0.3 is 9.52 Å². The summed E-state index contributed by atoms with van der Waals surface area (Å²) in [5.74, 6) is 0.272. The van der Waals surface area contributed by atoms with Crippen molar-refractivity contribution in [2.75, 3.05) is 11.5 Å². The van der Waals surface area contributed by atoms with Crippen LogP contribution in [0.5, 0.6) is 0 Å². The van der Waals surface area contributed by atoms with Gasteiger partial charge in [-0.05, 0) is 18.9 Å². The van der Waals surface area contributed by atoms with Crippen molar-refractivity contribution in [2.45, 2.75) is 25.9 Å². The molecule has 0 saturated carbocycles. The van der Waals surface area contributed by atoms with E-state index in [0.717, 1.165) is 16.5 Å². The Morgan fingerprint density at radius 2 is 2.05 bits per heavy atom. The summed E-state index contributed by atoms with van der Waals surface area (Å²) in [5, 5.41) is 11.0. The summed E-state index contributed by atoms with van der Waals surface area (Å²) in [6, 6.07) is 7.48. The van der Waals surface area contributed by atoms with E-state index in [9.17, 15) is 13.5 Å². The number of aliphatic hydroxyl groups is 1. The normalized spacial score (nSPS) is 13.8. The smallest absolute Gasteiger partial charge is 0.150 e. The second-order valence-electron chi connectivity index (χ2n) is 4.58. The molecule has 104 valence electrons. The number of aliphatic hydroxyl groups excluding tert-OH is 1. The highest BCUT2D eigenvalue weighted by molar-refractivity contribution is 7.91. The molecule has 5 heteroatoms. The molecule has 2 aromatic rings. The van der Waals surface area contributed by atoms with Crippen LogP contribution >= 0.6 is 0 Å². The highest BCUT2D eigenvalue weighted by Crippen LogP contribution is 2.28. The summed E-state index contributed by atoms with van der Waals surface area (Å²) < 4.78 is 28.1. The number of fused-ring (bicyclic) bond motifs is 1. The van der Waals surface area contributed by atoms with Gasteiger partial charge in [-0.2, -0.15) is 0 Å². The highest BCUT2D eigenvalue weighted by Gasteiger charge is 2.15. The van der Waals surface area contributed by atoms with Gasteiger partial charge in [0.25, 0.3) is 0 Å². The molecular weight excluding hydrogens is 264 g/mol. The maximum atomic E-state index is 11.4. The molecule has 0 aliphatic heterocycles. The van der Waals surface area contributed by atoms with Crippen LogP contribution in [0.2, 0.25) is 0 Å². The Labute approximate surface area is 113 Å². The lowest BCUT2D eigenvalue weighted by Gasteiger charge is -2.08. The van der Waals surface area contributed by atoms with Gasteiger partial charge >= 0.3 is 0 Å². The van der Waals surface area contributed by atoms with E-state index in [1.807, 2.05) is 24.3 Å². The van der Waals surface area contributed by atoms with Crippen LogP contribution in [0, 0.1) is 0 Å². The van der Waals surface area contributed by atoms with Crippen LogP contribution in [0.1, 0.15) is 31.4 Å². The standard InChI is InChI=1S/C14H18O4S/c1-2-19(16,17)9-5-7-13(15)12-10-18-14-8-4-3-6-11(12)14/h3-4,6,8,10,13,15H,2,5,7,9H2,1H3. The number of para-hydroxylation sites is 1. The van der Waals surface area contributed by atoms with E-state index in [-0.39, 0.29) is 11.5 Å². The molecule has 19 heavy (non-hydrogen) atoms. The summed E-state index contributed by atoms with van der Waals surface area (Å²) in [7, 11) is -2.96. The number of rotatable bonds is 6. The molecule has 4 nitrogen and oxygen atoms in total. The molecule has 0 bridgehead atoms. The Morgan fingerprint density at radius 3 is 2.79 bits per heavy atom. The molecule has 1 aromatic carbocycles. The Kier molecular flexibility index (Phi) is 4.27. The van der Waals surface area contributed by atoms with E-state index in [1.165, 1.54) is 0 Å². The van der Waals surface area contributed by atoms with Crippen molar-refractivity contribution in [3.63, 3.8) is 0 Å². The number of sulfone groups is 1. The van der Waals surface area contributed by atoms with E-state index in [0.29, 0.717) is 12.8 Å². The molecule has 0 aliphatic rings. The Bertz CT molecular complexity index is 642. The first-order chi connectivity index (χ1) is 9.03. The van der Waals surface area contributed by atoms with E-state index in [4.69, 9.17) is 4.42 Å². The summed E-state index contributed by atoms with van der Waals surface area (Å²) in [4.78, 5) is 0. The van der Waals surface area contributed by atoms with Crippen LogP contribution in [0.15, 0.2) is 34.9 Å². The lowest BCUT2D eigenvalue weighted by molar-refractivity contribution is 0.167. The third kappa shape index (κ3) is 3.36. The van der Waals surface area contributed by atoms with Crippen LogP contribution in [-0.2, 0) is 9.84 Å². The summed E-state index contributed by atoms with van der Waals surface area (Å²) in [5.41, 5.74) is 1.46. The van der Waals surface area contributed by atoms with E-state index in [1.54, 1.807) is 13.2 Å². The third-order valence-corrected chi connectivity index (χ3v) is 5.03. The summed E-state index contributed by atoms with van der Waals surface area (Å²) in [6.45, 7) is 1.63. The molecule has 1 unspecified atom stereocenters. The molecule has 0 amide bonds. The minimum absolute atomic E-state index is 0.121. The van der Waals surface area contributed by atoms with Gasteiger partial charge in [0, 0.05) is 16.7 Å². The van der Waals surface area contributed by atoms with Crippen LogP contribution in [0.3, 0.4) is 0 Å². The van der Waals surface area contributed by atoms with Crippen molar-refractivity contribution < 1.29 is 17.9 Å². The average molecular weight is 282 g/mol. The van der Waals surface area contributed by atoms with Gasteiger partial charge in [-0.25, -0.2) is 8.42 Å². The fourth-order valence-corrected chi connectivity index (χ4v) is 2.95. The first-order valence-electron chi connectivity index (χ1n) is 6.38. The zero-order valence-corrected chi connectivity index (χ0v) is 11.7. The van der Waals surface area contributed by atoms with Gasteiger partial charge in [-0.15, -0.1) is 0 Å². The molecule has 1 N–H and O–H groups in total. The largest absolute Gasteiger partial charge is 0.464 e. The first-order valence-corrected chi connectivity index (χ1v) is 8.20. The molecule has 1 heterocycles. The fraction of sp³-hybridized carbons (Fsp3) is 0.429. The van der Waals surface area contributed by atoms with Crippen molar-refractivity contribution in [2.24, 2.45) is 0 Å². The second kappa shape index (κ2) is 5.75. The quantitative estimate of drug-likeness (QED) is 0.884. The lowest BCUT2D eigenvalue weighted by atomic mass is 10.0. The van der Waals surface area contributed by atoms with Gasteiger partial charge in [-0.1, -0.05) is 25.1 Å². The van der Waals surface area contributed by atoms with Crippen molar-refractivity contribution >= 4 is 20.8 Å². The van der Waals surface area contributed by atoms with Gasteiger partial charge in [0.05, 0.1) is 18.1 Å². The van der Waals surface area contributed by atoms with Crippen LogP contribution in [-0.4, -0.2) is 25.0 Å². The van der Waals surface area contributed by atoms with Crippen LogP contribution in [0.4, 0.5) is 0 Å². The van der Waals surface area contributed by atoms with Gasteiger partial charge in [0.2, 0.25) is 0 Å². The molecule has 1 atom stereocenters. The zero-order chi connectivity index (χ0) is 13.9. The summed E-state index contributed by atoms with van der Waals surface area (Å²) >= 11 is 0. The number of benzene rings is 1. The van der Waals surface area contributed by atoms with Crippen molar-refractivity contribution in [3.8, 4) is 0 Å². The molecule has 1 aromatic heterocycles. The molecule has 0 fully saturated rings. The van der Waals surface area contributed by atoms with Crippen LogP contribution in [0.25, 0.3) is 11.0 Å². The molecule has 0 spiro atoms. The number of furan rings is 1. The SMILES string of the molecule is CCS(=O)(=O)CCCC(O)c1coc2ccccc12.